The van der Waals surface area contributed by atoms with Crippen molar-refractivity contribution < 1.29 is 9.59 Å². The second-order valence-electron chi connectivity index (χ2n) is 6.61. The van der Waals surface area contributed by atoms with Gasteiger partial charge in [-0.2, -0.15) is 0 Å². The number of hydrogen-bond donors (Lipinski definition) is 1. The van der Waals surface area contributed by atoms with Crippen molar-refractivity contribution >= 4 is 35.3 Å². The van der Waals surface area contributed by atoms with Crippen molar-refractivity contribution in [3.8, 4) is 0 Å². The highest BCUT2D eigenvalue weighted by Gasteiger charge is 2.26. The zero-order valence-electron chi connectivity index (χ0n) is 15.7. The van der Waals surface area contributed by atoms with Gasteiger partial charge in [0, 0.05) is 32.3 Å². The maximum Gasteiger partial charge on any atom is 0.244 e. The zero-order chi connectivity index (χ0) is 19.9. The van der Waals surface area contributed by atoms with Crippen LogP contribution in [-0.4, -0.2) is 53.9 Å². The molecule has 2 aromatic rings. The summed E-state index contributed by atoms with van der Waals surface area (Å²) in [4.78, 5) is 32.9. The van der Waals surface area contributed by atoms with Gasteiger partial charge >= 0.3 is 0 Å². The van der Waals surface area contributed by atoms with Gasteiger partial charge in [0.25, 0.3) is 0 Å². The lowest BCUT2D eigenvalue weighted by molar-refractivity contribution is -0.135. The molecule has 0 saturated carbocycles. The van der Waals surface area contributed by atoms with Crippen LogP contribution < -0.4 is 10.2 Å². The lowest BCUT2D eigenvalue weighted by Crippen LogP contribution is -2.54. The molecule has 0 spiro atoms. The van der Waals surface area contributed by atoms with E-state index in [1.807, 2.05) is 42.5 Å². The van der Waals surface area contributed by atoms with Crippen molar-refractivity contribution in [3.63, 3.8) is 0 Å². The maximum atomic E-state index is 12.6. The summed E-state index contributed by atoms with van der Waals surface area (Å²) in [7, 11) is 0. The zero-order valence-corrected chi connectivity index (χ0v) is 16.5. The average molecular weight is 399 g/mol. The molecule has 0 aliphatic carbocycles. The molecule has 1 unspecified atom stereocenters. The number of hydrogen-bond acceptors (Lipinski definition) is 4. The van der Waals surface area contributed by atoms with Crippen LogP contribution in [0.15, 0.2) is 54.6 Å². The molecule has 2 amide bonds. The Hall–Kier alpha value is -2.86. The Labute approximate surface area is 169 Å². The SMILES string of the molecule is CC(NC(=O)/C=C/c1ccccc1)C(=O)N1CCN(c2cccc(Cl)n2)CC1. The molecule has 2 heterocycles. The standard InChI is InChI=1S/C21H23ClN4O2/c1-16(23-20(27)11-10-17-6-3-2-4-7-17)21(28)26-14-12-25(13-15-26)19-9-5-8-18(22)24-19/h2-11,16H,12-15H2,1H3,(H,23,27)/b11-10+. The van der Waals surface area contributed by atoms with Crippen LogP contribution in [0.5, 0.6) is 0 Å². The normalized spacial score (nSPS) is 15.5. The number of halogens is 1. The van der Waals surface area contributed by atoms with E-state index in [0.717, 1.165) is 11.4 Å². The Kier molecular flexibility index (Phi) is 6.66. The Morgan fingerprint density at radius 1 is 1.07 bits per heavy atom. The Morgan fingerprint density at radius 2 is 1.79 bits per heavy atom. The van der Waals surface area contributed by atoms with E-state index < -0.39 is 6.04 Å². The Bertz CT molecular complexity index is 848. The lowest BCUT2D eigenvalue weighted by atomic mass is 10.2. The number of anilines is 1. The van der Waals surface area contributed by atoms with Gasteiger partial charge in [-0.3, -0.25) is 9.59 Å². The Morgan fingerprint density at radius 3 is 2.46 bits per heavy atom. The van der Waals surface area contributed by atoms with Crippen LogP contribution in [-0.2, 0) is 9.59 Å². The van der Waals surface area contributed by atoms with E-state index in [-0.39, 0.29) is 11.8 Å². The molecule has 146 valence electrons. The minimum Gasteiger partial charge on any atom is -0.353 e. The highest BCUT2D eigenvalue weighted by atomic mass is 35.5. The monoisotopic (exact) mass is 398 g/mol. The summed E-state index contributed by atoms with van der Waals surface area (Å²) in [5.41, 5.74) is 0.933. The molecule has 1 aliphatic rings. The molecule has 28 heavy (non-hydrogen) atoms. The van der Waals surface area contributed by atoms with Gasteiger partial charge in [0.1, 0.15) is 17.0 Å². The molecule has 3 rings (SSSR count). The van der Waals surface area contributed by atoms with E-state index in [1.54, 1.807) is 24.0 Å². The van der Waals surface area contributed by atoms with E-state index in [1.165, 1.54) is 6.08 Å². The van der Waals surface area contributed by atoms with E-state index in [2.05, 4.69) is 15.2 Å². The molecule has 1 fully saturated rings. The van der Waals surface area contributed by atoms with Crippen LogP contribution in [0, 0.1) is 0 Å². The fourth-order valence-electron chi connectivity index (χ4n) is 3.06. The first-order chi connectivity index (χ1) is 13.5. The summed E-state index contributed by atoms with van der Waals surface area (Å²) in [5.74, 6) is 0.443. The largest absolute Gasteiger partial charge is 0.353 e. The molecule has 1 saturated heterocycles. The molecular formula is C21H23ClN4O2. The number of benzene rings is 1. The molecule has 1 N–H and O–H groups in total. The smallest absolute Gasteiger partial charge is 0.244 e. The number of piperazine rings is 1. The lowest BCUT2D eigenvalue weighted by Gasteiger charge is -2.36. The van der Waals surface area contributed by atoms with Crippen LogP contribution in [0.2, 0.25) is 5.15 Å². The number of pyridine rings is 1. The summed E-state index contributed by atoms with van der Waals surface area (Å²) >= 11 is 5.95. The number of rotatable bonds is 5. The third-order valence-corrected chi connectivity index (χ3v) is 4.78. The Balaban J connectivity index is 1.49. The van der Waals surface area contributed by atoms with E-state index in [0.29, 0.717) is 31.3 Å². The maximum absolute atomic E-state index is 12.6. The van der Waals surface area contributed by atoms with Crippen LogP contribution >= 0.6 is 11.6 Å². The van der Waals surface area contributed by atoms with E-state index >= 15 is 0 Å². The third-order valence-electron chi connectivity index (χ3n) is 4.57. The first-order valence-corrected chi connectivity index (χ1v) is 9.60. The van der Waals surface area contributed by atoms with Crippen LogP contribution in [0.1, 0.15) is 12.5 Å². The molecule has 7 heteroatoms. The predicted octanol–water partition coefficient (Wildman–Crippen LogP) is 2.60. The topological polar surface area (TPSA) is 65.5 Å². The summed E-state index contributed by atoms with van der Waals surface area (Å²) in [6.45, 7) is 4.21. The van der Waals surface area contributed by atoms with Crippen molar-refractivity contribution in [2.24, 2.45) is 0 Å². The highest BCUT2D eigenvalue weighted by Crippen LogP contribution is 2.16. The van der Waals surface area contributed by atoms with Gasteiger partial charge in [0.2, 0.25) is 11.8 Å². The second-order valence-corrected chi connectivity index (χ2v) is 6.99. The van der Waals surface area contributed by atoms with Gasteiger partial charge in [-0.1, -0.05) is 48.0 Å². The van der Waals surface area contributed by atoms with E-state index in [4.69, 9.17) is 11.6 Å². The van der Waals surface area contributed by atoms with Gasteiger partial charge in [0.05, 0.1) is 0 Å². The third kappa shape index (κ3) is 5.33. The average Bonchev–Trinajstić information content (AvgIpc) is 2.72. The first kappa shape index (κ1) is 19.9. The molecule has 1 aromatic heterocycles. The number of carbonyl (C=O) groups is 2. The molecule has 0 radical (unpaired) electrons. The molecule has 6 nitrogen and oxygen atoms in total. The summed E-state index contributed by atoms with van der Waals surface area (Å²) in [5, 5.41) is 3.19. The van der Waals surface area contributed by atoms with Crippen molar-refractivity contribution in [1.29, 1.82) is 0 Å². The van der Waals surface area contributed by atoms with Crippen LogP contribution in [0.25, 0.3) is 6.08 Å². The number of carbonyl (C=O) groups excluding carboxylic acids is 2. The number of aromatic nitrogens is 1. The fraction of sp³-hybridized carbons (Fsp3) is 0.286. The van der Waals surface area contributed by atoms with Crippen molar-refractivity contribution in [2.45, 2.75) is 13.0 Å². The minimum atomic E-state index is -0.580. The molecule has 1 aliphatic heterocycles. The summed E-state index contributed by atoms with van der Waals surface area (Å²) in [6, 6.07) is 14.5. The van der Waals surface area contributed by atoms with Crippen molar-refractivity contribution in [3.05, 3.63) is 65.3 Å². The number of nitrogens with zero attached hydrogens (tertiary/aromatic N) is 3. The van der Waals surface area contributed by atoms with Gasteiger partial charge in [-0.25, -0.2) is 4.98 Å². The van der Waals surface area contributed by atoms with Crippen LogP contribution in [0.4, 0.5) is 5.82 Å². The first-order valence-electron chi connectivity index (χ1n) is 9.23. The molecule has 1 atom stereocenters. The summed E-state index contributed by atoms with van der Waals surface area (Å²) < 4.78 is 0. The highest BCUT2D eigenvalue weighted by molar-refractivity contribution is 6.29. The van der Waals surface area contributed by atoms with Crippen molar-refractivity contribution in [1.82, 2.24) is 15.2 Å². The van der Waals surface area contributed by atoms with E-state index in [9.17, 15) is 9.59 Å². The fourth-order valence-corrected chi connectivity index (χ4v) is 3.22. The quantitative estimate of drug-likeness (QED) is 0.621. The summed E-state index contributed by atoms with van der Waals surface area (Å²) in [6.07, 6.45) is 3.17. The van der Waals surface area contributed by atoms with Crippen LogP contribution in [0.3, 0.4) is 0 Å². The molecule has 0 bridgehead atoms. The van der Waals surface area contributed by atoms with Gasteiger partial charge in [0.15, 0.2) is 0 Å². The van der Waals surface area contributed by atoms with Gasteiger partial charge in [-0.15, -0.1) is 0 Å². The van der Waals surface area contributed by atoms with Gasteiger partial charge in [-0.05, 0) is 30.7 Å². The number of nitrogens with one attached hydrogen (secondary N) is 1. The second kappa shape index (κ2) is 9.37. The molecular weight excluding hydrogens is 376 g/mol. The molecule has 1 aromatic carbocycles. The predicted molar refractivity (Wildman–Crippen MR) is 111 cm³/mol. The minimum absolute atomic E-state index is 0.0832. The number of amides is 2. The van der Waals surface area contributed by atoms with Gasteiger partial charge < -0.3 is 15.1 Å². The van der Waals surface area contributed by atoms with Crippen molar-refractivity contribution in [2.75, 3.05) is 31.1 Å².